The first-order valence-electron chi connectivity index (χ1n) is 6.49. The van der Waals surface area contributed by atoms with Gasteiger partial charge < -0.3 is 20.5 Å². The van der Waals surface area contributed by atoms with Gasteiger partial charge in [0, 0.05) is 19.1 Å². The molecule has 4 nitrogen and oxygen atoms in total. The minimum atomic E-state index is -0.447. The van der Waals surface area contributed by atoms with Crippen LogP contribution in [0.4, 0.5) is 0 Å². The molecule has 0 bridgehead atoms. The molecule has 1 fully saturated rings. The average molecular weight is 250 g/mol. The molecule has 1 aliphatic carbocycles. The minimum absolute atomic E-state index is 0.324. The Morgan fingerprint density at radius 2 is 2.28 bits per heavy atom. The van der Waals surface area contributed by atoms with E-state index in [4.69, 9.17) is 10.5 Å². The van der Waals surface area contributed by atoms with Gasteiger partial charge in [0.2, 0.25) is 0 Å². The summed E-state index contributed by atoms with van der Waals surface area (Å²) in [6.07, 6.45) is 2.06. The fraction of sp³-hybridized carbons (Fsp3) is 0.571. The van der Waals surface area contributed by atoms with Gasteiger partial charge >= 0.3 is 0 Å². The number of hydrogen-bond donors (Lipinski definition) is 2. The van der Waals surface area contributed by atoms with Crippen LogP contribution in [0.3, 0.4) is 0 Å². The summed E-state index contributed by atoms with van der Waals surface area (Å²) >= 11 is 0. The first-order valence-corrected chi connectivity index (χ1v) is 6.49. The molecule has 0 spiro atoms. The van der Waals surface area contributed by atoms with Gasteiger partial charge in [0.15, 0.2) is 0 Å². The third-order valence-electron chi connectivity index (χ3n) is 3.25. The molecular formula is C14H22N2O2. The van der Waals surface area contributed by atoms with Crippen LogP contribution in [0.15, 0.2) is 24.3 Å². The first kappa shape index (κ1) is 13.3. The minimum Gasteiger partial charge on any atom is -0.491 e. The molecule has 0 radical (unpaired) electrons. The van der Waals surface area contributed by atoms with Crippen molar-refractivity contribution in [1.29, 1.82) is 0 Å². The van der Waals surface area contributed by atoms with E-state index in [1.165, 1.54) is 12.8 Å². The molecule has 0 amide bonds. The zero-order valence-corrected chi connectivity index (χ0v) is 10.9. The predicted molar refractivity (Wildman–Crippen MR) is 71.5 cm³/mol. The quantitative estimate of drug-likeness (QED) is 0.757. The number of ether oxygens (including phenoxy) is 1. The third kappa shape index (κ3) is 3.98. The Balaban J connectivity index is 1.75. The van der Waals surface area contributed by atoms with E-state index in [1.807, 2.05) is 24.3 Å². The van der Waals surface area contributed by atoms with Gasteiger partial charge in [-0.15, -0.1) is 0 Å². The highest BCUT2D eigenvalue weighted by Crippen LogP contribution is 2.25. The largest absolute Gasteiger partial charge is 0.491 e. The highest BCUT2D eigenvalue weighted by molar-refractivity contribution is 5.28. The second kappa shape index (κ2) is 6.18. The molecule has 100 valence electrons. The molecule has 1 aromatic carbocycles. The zero-order chi connectivity index (χ0) is 13.0. The van der Waals surface area contributed by atoms with Crippen LogP contribution in [0, 0.1) is 0 Å². The van der Waals surface area contributed by atoms with E-state index in [1.54, 1.807) is 0 Å². The van der Waals surface area contributed by atoms with E-state index in [-0.39, 0.29) is 0 Å². The molecule has 0 heterocycles. The summed E-state index contributed by atoms with van der Waals surface area (Å²) in [5.74, 6) is 0.770. The summed E-state index contributed by atoms with van der Waals surface area (Å²) in [6.45, 7) is 1.50. The number of hydrogen-bond acceptors (Lipinski definition) is 4. The van der Waals surface area contributed by atoms with Crippen LogP contribution >= 0.6 is 0 Å². The van der Waals surface area contributed by atoms with E-state index >= 15 is 0 Å². The van der Waals surface area contributed by atoms with E-state index in [0.717, 1.165) is 11.3 Å². The molecule has 0 aromatic heterocycles. The van der Waals surface area contributed by atoms with Crippen LogP contribution < -0.4 is 10.5 Å². The van der Waals surface area contributed by atoms with Crippen molar-refractivity contribution in [3.05, 3.63) is 29.8 Å². The molecule has 1 aliphatic rings. The van der Waals surface area contributed by atoms with Gasteiger partial charge in [0.1, 0.15) is 18.5 Å². The lowest BCUT2D eigenvalue weighted by molar-refractivity contribution is 0.0742. The van der Waals surface area contributed by atoms with Gasteiger partial charge in [-0.25, -0.2) is 0 Å². The van der Waals surface area contributed by atoms with Crippen molar-refractivity contribution in [3.63, 3.8) is 0 Å². The third-order valence-corrected chi connectivity index (χ3v) is 3.25. The highest BCUT2D eigenvalue weighted by Gasteiger charge is 2.27. The van der Waals surface area contributed by atoms with E-state index in [0.29, 0.717) is 25.7 Å². The lowest BCUT2D eigenvalue weighted by Gasteiger charge is -2.20. The van der Waals surface area contributed by atoms with Crippen molar-refractivity contribution >= 4 is 0 Å². The Kier molecular flexibility index (Phi) is 4.58. The highest BCUT2D eigenvalue weighted by atomic mass is 16.5. The lowest BCUT2D eigenvalue weighted by atomic mass is 10.2. The van der Waals surface area contributed by atoms with Crippen molar-refractivity contribution in [2.45, 2.75) is 31.5 Å². The summed E-state index contributed by atoms with van der Waals surface area (Å²) in [5, 5.41) is 9.89. The van der Waals surface area contributed by atoms with Gasteiger partial charge in [0.25, 0.3) is 0 Å². The van der Waals surface area contributed by atoms with E-state index < -0.39 is 6.10 Å². The molecule has 1 aromatic rings. The number of rotatable bonds is 7. The molecule has 18 heavy (non-hydrogen) atoms. The smallest absolute Gasteiger partial charge is 0.119 e. The summed E-state index contributed by atoms with van der Waals surface area (Å²) in [5.41, 5.74) is 6.61. The Morgan fingerprint density at radius 1 is 1.50 bits per heavy atom. The Morgan fingerprint density at radius 3 is 2.94 bits per heavy atom. The van der Waals surface area contributed by atoms with Gasteiger partial charge in [-0.2, -0.15) is 0 Å². The normalized spacial score (nSPS) is 16.9. The van der Waals surface area contributed by atoms with Crippen LogP contribution in [-0.2, 0) is 6.54 Å². The summed E-state index contributed by atoms with van der Waals surface area (Å²) in [4.78, 5) is 2.20. The second-order valence-corrected chi connectivity index (χ2v) is 4.99. The van der Waals surface area contributed by atoms with Gasteiger partial charge in [-0.3, -0.25) is 0 Å². The summed E-state index contributed by atoms with van der Waals surface area (Å²) in [6, 6.07) is 8.35. The van der Waals surface area contributed by atoms with Gasteiger partial charge in [-0.1, -0.05) is 12.1 Å². The van der Waals surface area contributed by atoms with Crippen LogP contribution in [-0.4, -0.2) is 42.4 Å². The maximum Gasteiger partial charge on any atom is 0.119 e. The number of benzene rings is 1. The van der Waals surface area contributed by atoms with Gasteiger partial charge in [0.05, 0.1) is 0 Å². The fourth-order valence-electron chi connectivity index (χ4n) is 2.00. The molecular weight excluding hydrogens is 228 g/mol. The van der Waals surface area contributed by atoms with Crippen LogP contribution in [0.25, 0.3) is 0 Å². The number of aliphatic hydroxyl groups is 1. The number of nitrogens with zero attached hydrogens (tertiary/aromatic N) is 1. The topological polar surface area (TPSA) is 58.7 Å². The van der Waals surface area contributed by atoms with Crippen molar-refractivity contribution in [1.82, 2.24) is 4.90 Å². The Bertz CT molecular complexity index is 380. The maximum atomic E-state index is 9.89. The molecule has 4 heteroatoms. The molecule has 0 saturated heterocycles. The van der Waals surface area contributed by atoms with Gasteiger partial charge in [-0.05, 0) is 37.6 Å². The zero-order valence-electron chi connectivity index (χ0n) is 10.9. The molecule has 3 N–H and O–H groups in total. The number of aliphatic hydroxyl groups excluding tert-OH is 1. The van der Waals surface area contributed by atoms with Crippen LogP contribution in [0.1, 0.15) is 18.4 Å². The Hall–Kier alpha value is -1.10. The van der Waals surface area contributed by atoms with E-state index in [9.17, 15) is 5.11 Å². The summed E-state index contributed by atoms with van der Waals surface area (Å²) in [7, 11) is 2.05. The van der Waals surface area contributed by atoms with Crippen molar-refractivity contribution in [2.24, 2.45) is 5.73 Å². The Labute approximate surface area is 108 Å². The number of likely N-dealkylation sites (N-methyl/N-ethyl adjacent to an activating group) is 1. The molecule has 1 atom stereocenters. The standard InChI is InChI=1S/C14H22N2O2/c1-16(12-5-6-12)9-13(17)10-18-14-4-2-3-11(7-14)8-15/h2-4,7,12-13,17H,5-6,8-10,15H2,1H3. The molecule has 1 saturated carbocycles. The summed E-state index contributed by atoms with van der Waals surface area (Å²) < 4.78 is 5.58. The second-order valence-electron chi connectivity index (χ2n) is 4.99. The van der Waals surface area contributed by atoms with Crippen molar-refractivity contribution in [2.75, 3.05) is 20.2 Å². The van der Waals surface area contributed by atoms with E-state index in [2.05, 4.69) is 11.9 Å². The SMILES string of the molecule is CN(CC(O)COc1cccc(CN)c1)C1CC1. The average Bonchev–Trinajstić information content (AvgIpc) is 3.21. The monoisotopic (exact) mass is 250 g/mol. The predicted octanol–water partition coefficient (Wildman–Crippen LogP) is 0.979. The fourth-order valence-corrected chi connectivity index (χ4v) is 2.00. The molecule has 1 unspecified atom stereocenters. The lowest BCUT2D eigenvalue weighted by Crippen LogP contribution is -2.34. The first-order chi connectivity index (χ1) is 8.69. The molecule has 0 aliphatic heterocycles. The van der Waals surface area contributed by atoms with Crippen molar-refractivity contribution < 1.29 is 9.84 Å². The van der Waals surface area contributed by atoms with Crippen molar-refractivity contribution in [3.8, 4) is 5.75 Å². The van der Waals surface area contributed by atoms with Crippen LogP contribution in [0.5, 0.6) is 5.75 Å². The maximum absolute atomic E-state index is 9.89. The van der Waals surface area contributed by atoms with Crippen LogP contribution in [0.2, 0.25) is 0 Å². The molecule has 2 rings (SSSR count). The number of nitrogens with two attached hydrogens (primary N) is 1.